The number of carbonyl (C=O) groups excluding carboxylic acids is 2. The summed E-state index contributed by atoms with van der Waals surface area (Å²) < 4.78 is 23.6. The Morgan fingerprint density at radius 1 is 0.816 bits per heavy atom. The van der Waals surface area contributed by atoms with Crippen LogP contribution in [0.2, 0.25) is 0 Å². The Labute approximate surface area is 289 Å². The Balaban J connectivity index is 1.38. The van der Waals surface area contributed by atoms with Gasteiger partial charge in [-0.2, -0.15) is 0 Å². The fraction of sp³-hybridized carbons (Fsp3) is 0.375. The predicted molar refractivity (Wildman–Crippen MR) is 189 cm³/mol. The minimum Gasteiger partial charge on any atom is -0.488 e. The molecule has 1 unspecified atom stereocenters. The number of ether oxygens (including phenoxy) is 4. The average Bonchev–Trinajstić information content (AvgIpc) is 3.41. The molecule has 4 aromatic rings. The quantitative estimate of drug-likeness (QED) is 0.135. The molecular formula is C40H47N3O6. The smallest absolute Gasteiger partial charge is 0.407 e. The van der Waals surface area contributed by atoms with Crippen LogP contribution < -0.4 is 10.1 Å². The van der Waals surface area contributed by atoms with Gasteiger partial charge >= 0.3 is 6.09 Å². The Kier molecular flexibility index (Phi) is 12.0. The van der Waals surface area contributed by atoms with Crippen molar-refractivity contribution in [3.8, 4) is 16.9 Å². The molecule has 1 N–H and O–H groups in total. The molecule has 0 saturated heterocycles. The number of alkyl carbamates (subject to hydrolysis) is 1. The van der Waals surface area contributed by atoms with Crippen LogP contribution in [0.5, 0.6) is 5.75 Å². The van der Waals surface area contributed by atoms with Gasteiger partial charge in [0.1, 0.15) is 24.0 Å². The van der Waals surface area contributed by atoms with Crippen LogP contribution in [-0.2, 0) is 32.0 Å². The number of rotatable bonds is 15. The molecule has 1 aliphatic carbocycles. The van der Waals surface area contributed by atoms with Gasteiger partial charge in [0.15, 0.2) is 6.29 Å². The third-order valence-electron chi connectivity index (χ3n) is 8.23. The van der Waals surface area contributed by atoms with Gasteiger partial charge in [0.05, 0.1) is 6.54 Å². The summed E-state index contributed by atoms with van der Waals surface area (Å²) >= 11 is 0. The van der Waals surface area contributed by atoms with E-state index in [1.54, 1.807) is 17.3 Å². The molecule has 1 heterocycles. The van der Waals surface area contributed by atoms with Gasteiger partial charge in [-0.15, -0.1) is 0 Å². The molecule has 9 heteroatoms. The molecule has 258 valence electrons. The Morgan fingerprint density at radius 2 is 1.41 bits per heavy atom. The number of benzene rings is 3. The van der Waals surface area contributed by atoms with Crippen molar-refractivity contribution in [3.63, 3.8) is 0 Å². The van der Waals surface area contributed by atoms with E-state index in [0.717, 1.165) is 39.1 Å². The Morgan fingerprint density at radius 3 is 1.98 bits per heavy atom. The van der Waals surface area contributed by atoms with Crippen LogP contribution in [0.3, 0.4) is 0 Å². The third-order valence-corrected chi connectivity index (χ3v) is 8.23. The van der Waals surface area contributed by atoms with Crippen molar-refractivity contribution in [2.24, 2.45) is 0 Å². The largest absolute Gasteiger partial charge is 0.488 e. The van der Waals surface area contributed by atoms with Crippen molar-refractivity contribution in [1.82, 2.24) is 15.2 Å². The first kappa shape index (κ1) is 35.6. The minimum absolute atomic E-state index is 0.107. The lowest BCUT2D eigenvalue weighted by molar-refractivity contribution is -0.160. The molecule has 0 aliphatic heterocycles. The Hall–Kier alpha value is -4.73. The fourth-order valence-corrected chi connectivity index (χ4v) is 6.13. The normalized spacial score (nSPS) is 13.0. The molecule has 49 heavy (non-hydrogen) atoms. The summed E-state index contributed by atoms with van der Waals surface area (Å²) in [6.07, 6.45) is 2.31. The van der Waals surface area contributed by atoms with Crippen LogP contribution in [0, 0.1) is 0 Å². The first-order chi connectivity index (χ1) is 23.6. The lowest BCUT2D eigenvalue weighted by Gasteiger charge is -2.31. The number of amides is 2. The molecule has 9 nitrogen and oxygen atoms in total. The van der Waals surface area contributed by atoms with Crippen molar-refractivity contribution >= 4 is 12.0 Å². The van der Waals surface area contributed by atoms with Crippen LogP contribution in [0.15, 0.2) is 97.3 Å². The molecule has 0 bridgehead atoms. The molecule has 1 atom stereocenters. The summed E-state index contributed by atoms with van der Waals surface area (Å²) in [4.78, 5) is 33.8. The summed E-state index contributed by atoms with van der Waals surface area (Å²) in [7, 11) is 0. The van der Waals surface area contributed by atoms with Gasteiger partial charge in [0.25, 0.3) is 0 Å². The molecule has 0 saturated carbocycles. The molecule has 1 aliphatic rings. The van der Waals surface area contributed by atoms with E-state index in [1.165, 1.54) is 0 Å². The summed E-state index contributed by atoms with van der Waals surface area (Å²) in [6, 6.07) is 26.7. The average molecular weight is 666 g/mol. The number of fused-ring (bicyclic) bond motifs is 3. The maximum absolute atomic E-state index is 14.5. The molecule has 2 amide bonds. The highest BCUT2D eigenvalue weighted by molar-refractivity contribution is 5.86. The topological polar surface area (TPSA) is 99.2 Å². The number of aromatic nitrogens is 1. The number of hydrogen-bond donors (Lipinski definition) is 1. The highest BCUT2D eigenvalue weighted by atomic mass is 16.7. The zero-order chi connectivity index (χ0) is 34.8. The number of nitrogens with one attached hydrogen (secondary N) is 1. The summed E-state index contributed by atoms with van der Waals surface area (Å²) in [5.41, 5.74) is 5.91. The maximum Gasteiger partial charge on any atom is 0.407 e. The summed E-state index contributed by atoms with van der Waals surface area (Å²) in [5.74, 6) is 0.327. The van der Waals surface area contributed by atoms with Gasteiger partial charge in [-0.1, -0.05) is 60.7 Å². The zero-order valence-electron chi connectivity index (χ0n) is 29.1. The van der Waals surface area contributed by atoms with Gasteiger partial charge in [-0.25, -0.2) is 4.79 Å². The van der Waals surface area contributed by atoms with E-state index in [1.807, 2.05) is 95.3 Å². The molecule has 0 spiro atoms. The number of hydrogen-bond acceptors (Lipinski definition) is 7. The zero-order valence-corrected chi connectivity index (χ0v) is 29.1. The van der Waals surface area contributed by atoms with Crippen LogP contribution in [-0.4, -0.2) is 66.2 Å². The van der Waals surface area contributed by atoms with Gasteiger partial charge in [0, 0.05) is 44.5 Å². The second kappa shape index (κ2) is 16.6. The molecule has 1 aromatic heterocycles. The molecule has 0 radical (unpaired) electrons. The molecular weight excluding hydrogens is 618 g/mol. The third kappa shape index (κ3) is 9.68. The van der Waals surface area contributed by atoms with E-state index in [0.29, 0.717) is 13.2 Å². The highest BCUT2D eigenvalue weighted by Gasteiger charge is 2.32. The Bertz CT molecular complexity index is 1620. The van der Waals surface area contributed by atoms with Gasteiger partial charge < -0.3 is 29.2 Å². The minimum atomic E-state index is -0.934. The van der Waals surface area contributed by atoms with E-state index in [4.69, 9.17) is 18.9 Å². The lowest BCUT2D eigenvalue weighted by atomic mass is 9.98. The van der Waals surface area contributed by atoms with Crippen molar-refractivity contribution in [3.05, 3.63) is 120 Å². The van der Waals surface area contributed by atoms with Gasteiger partial charge in [-0.3, -0.25) is 9.78 Å². The van der Waals surface area contributed by atoms with Gasteiger partial charge in [-0.05, 0) is 92.3 Å². The second-order valence-electron chi connectivity index (χ2n) is 13.0. The molecule has 3 aromatic carbocycles. The molecule has 5 rings (SSSR count). The van der Waals surface area contributed by atoms with Crippen molar-refractivity contribution in [2.45, 2.75) is 71.4 Å². The van der Waals surface area contributed by atoms with E-state index in [-0.39, 0.29) is 43.5 Å². The number of nitrogens with zero attached hydrogens (tertiary/aromatic N) is 2. The van der Waals surface area contributed by atoms with Crippen molar-refractivity contribution < 1.29 is 28.5 Å². The first-order valence-electron chi connectivity index (χ1n) is 17.0. The lowest BCUT2D eigenvalue weighted by Crippen LogP contribution is -2.51. The van der Waals surface area contributed by atoms with Crippen LogP contribution >= 0.6 is 0 Å². The van der Waals surface area contributed by atoms with Gasteiger partial charge in [0.2, 0.25) is 5.91 Å². The summed E-state index contributed by atoms with van der Waals surface area (Å²) in [6.45, 7) is 11.2. The van der Waals surface area contributed by atoms with E-state index in [9.17, 15) is 9.59 Å². The van der Waals surface area contributed by atoms with Crippen LogP contribution in [0.4, 0.5) is 4.79 Å². The van der Waals surface area contributed by atoms with E-state index < -0.39 is 18.4 Å². The SMILES string of the molecule is CCOC(CN(Cc1ccncc1)C(=O)C(Cc1ccc(OC(C)(C)C)cc1)NC(=O)OCC1c2ccccc2-c2ccccc21)OCC. The van der Waals surface area contributed by atoms with Crippen molar-refractivity contribution in [1.29, 1.82) is 0 Å². The predicted octanol–water partition coefficient (Wildman–Crippen LogP) is 7.14. The van der Waals surface area contributed by atoms with Crippen LogP contribution in [0.1, 0.15) is 62.8 Å². The first-order valence-corrected chi connectivity index (χ1v) is 17.0. The van der Waals surface area contributed by atoms with Crippen LogP contribution in [0.25, 0.3) is 11.1 Å². The maximum atomic E-state index is 14.5. The molecule has 0 fully saturated rings. The summed E-state index contributed by atoms with van der Waals surface area (Å²) in [5, 5.41) is 2.92. The fourth-order valence-electron chi connectivity index (χ4n) is 6.13. The van der Waals surface area contributed by atoms with E-state index >= 15 is 0 Å². The number of pyridine rings is 1. The van der Waals surface area contributed by atoms with Crippen molar-refractivity contribution in [2.75, 3.05) is 26.4 Å². The standard InChI is InChI=1S/C40H47N3O6/c1-6-46-37(47-7-2)26-43(25-29-20-22-41-23-21-29)38(44)36(24-28-16-18-30(19-17-28)49-40(3,4)5)42-39(45)48-27-35-33-14-10-8-12-31(33)32-13-9-11-15-34(32)35/h8-23,35-37H,6-7,24-27H2,1-5H3,(H,42,45). The van der Waals surface area contributed by atoms with E-state index in [2.05, 4.69) is 34.6 Å². The second-order valence-corrected chi connectivity index (χ2v) is 13.0. The highest BCUT2D eigenvalue weighted by Crippen LogP contribution is 2.44. The monoisotopic (exact) mass is 665 g/mol. The number of carbonyl (C=O) groups is 2.